The Bertz CT molecular complexity index is 9910. The van der Waals surface area contributed by atoms with Crippen LogP contribution in [0.4, 0.5) is 0 Å². The molecule has 0 radical (unpaired) electrons. The molecule has 0 fully saturated rings. The first kappa shape index (κ1) is 86.3. The number of hydrogen-bond acceptors (Lipinski definition) is 5. The predicted molar refractivity (Wildman–Crippen MR) is 631 cm³/mol. The number of pyridine rings is 2. The van der Waals surface area contributed by atoms with Gasteiger partial charge < -0.3 is 4.42 Å². The first-order chi connectivity index (χ1) is 72.8. The highest BCUT2D eigenvalue weighted by molar-refractivity contribution is 7.26. The fourth-order valence-electron chi connectivity index (χ4n) is 22.8. The van der Waals surface area contributed by atoms with E-state index in [1.807, 2.05) is 34.8 Å². The van der Waals surface area contributed by atoms with Crippen molar-refractivity contribution in [3.63, 3.8) is 0 Å². The minimum atomic E-state index is 0.906. The fraction of sp³-hybridized carbons (Fsp3) is 0. The van der Waals surface area contributed by atoms with Crippen LogP contribution in [0.3, 0.4) is 0 Å². The number of fused-ring (bicyclic) bond motifs is 27. The zero-order chi connectivity index (χ0) is 96.9. The van der Waals surface area contributed by atoms with Gasteiger partial charge in [-0.05, 0) is 295 Å². The maximum atomic E-state index is 6.16. The van der Waals surface area contributed by atoms with Crippen LogP contribution in [0.1, 0.15) is 0 Å². The lowest BCUT2D eigenvalue weighted by Gasteiger charge is -2.17. The molecule has 30 rings (SSSR count). The number of furan rings is 1. The summed E-state index contributed by atoms with van der Waals surface area (Å²) in [5.74, 6) is 0. The van der Waals surface area contributed by atoms with Gasteiger partial charge in [0, 0.05) is 73.4 Å². The quantitative estimate of drug-likeness (QED) is 0.114. The monoisotopic (exact) mass is 1900 g/mol. The number of thiophene rings is 2. The van der Waals surface area contributed by atoms with Crippen LogP contribution in [0.25, 0.3) is 293 Å². The van der Waals surface area contributed by atoms with Crippen molar-refractivity contribution in [1.29, 1.82) is 0 Å². The molecule has 5 heterocycles. The minimum Gasteiger partial charge on any atom is -0.456 e. The smallest absolute Gasteiger partial charge is 0.135 e. The van der Waals surface area contributed by atoms with Crippen molar-refractivity contribution in [2.45, 2.75) is 0 Å². The van der Waals surface area contributed by atoms with Gasteiger partial charge in [0.2, 0.25) is 0 Å². The van der Waals surface area contributed by atoms with Gasteiger partial charge in [-0.1, -0.05) is 425 Å². The second kappa shape index (κ2) is 36.4. The molecule has 3 nitrogen and oxygen atoms in total. The number of para-hydroxylation sites is 1. The molecule has 0 N–H and O–H groups in total. The van der Waals surface area contributed by atoms with Gasteiger partial charge in [0.1, 0.15) is 11.2 Å². The van der Waals surface area contributed by atoms with E-state index < -0.39 is 0 Å². The van der Waals surface area contributed by atoms with E-state index in [-0.39, 0.29) is 0 Å². The lowest BCUT2D eigenvalue weighted by Crippen LogP contribution is -1.93. The third kappa shape index (κ3) is 15.5. The van der Waals surface area contributed by atoms with Crippen LogP contribution >= 0.6 is 22.7 Å². The Morgan fingerprint density at radius 1 is 0.122 bits per heavy atom. The second-order valence-corrected chi connectivity index (χ2v) is 40.4. The topological polar surface area (TPSA) is 38.9 Å². The van der Waals surface area contributed by atoms with Crippen molar-refractivity contribution in [1.82, 2.24) is 9.97 Å². The molecule has 25 aromatic carbocycles. The van der Waals surface area contributed by atoms with Crippen molar-refractivity contribution in [3.8, 4) is 134 Å². The average molecular weight is 1900 g/mol. The molecule has 0 unspecified atom stereocenters. The Labute approximate surface area is 857 Å². The highest BCUT2D eigenvalue weighted by Gasteiger charge is 2.24. The summed E-state index contributed by atoms with van der Waals surface area (Å²) in [6.45, 7) is 0. The third-order valence-electron chi connectivity index (χ3n) is 29.7. The zero-order valence-electron chi connectivity index (χ0n) is 79.9. The summed E-state index contributed by atoms with van der Waals surface area (Å²) in [4.78, 5) is 10.7. The summed E-state index contributed by atoms with van der Waals surface area (Å²) < 4.78 is 11.5. The van der Waals surface area contributed by atoms with Gasteiger partial charge in [-0.2, -0.15) is 0 Å². The van der Waals surface area contributed by atoms with Crippen LogP contribution in [0.5, 0.6) is 0 Å². The Kier molecular flexibility index (Phi) is 21.4. The highest BCUT2D eigenvalue weighted by Crippen LogP contribution is 2.51. The van der Waals surface area contributed by atoms with E-state index in [0.29, 0.717) is 0 Å². The van der Waals surface area contributed by atoms with E-state index in [4.69, 9.17) is 14.4 Å². The van der Waals surface area contributed by atoms with Gasteiger partial charge >= 0.3 is 0 Å². The molecule has 0 aliphatic rings. The van der Waals surface area contributed by atoms with Crippen LogP contribution in [-0.2, 0) is 0 Å². The normalized spacial score (nSPS) is 11.7. The molecule has 684 valence electrons. The summed E-state index contributed by atoms with van der Waals surface area (Å²) in [5, 5.41) is 30.2. The van der Waals surface area contributed by atoms with Gasteiger partial charge in [0.05, 0.1) is 22.8 Å². The van der Waals surface area contributed by atoms with Gasteiger partial charge in [-0.15, -0.1) is 22.7 Å². The summed E-state index contributed by atoms with van der Waals surface area (Å²) in [6.07, 6.45) is 0. The molecule has 0 saturated heterocycles. The Morgan fingerprint density at radius 2 is 0.388 bits per heavy atom. The molecule has 147 heavy (non-hydrogen) atoms. The Balaban J connectivity index is 0.000000107. The fourth-order valence-corrected chi connectivity index (χ4v) is 25.0. The predicted octanol–water partition coefficient (Wildman–Crippen LogP) is 40.9. The lowest BCUT2D eigenvalue weighted by atomic mass is 9.86. The van der Waals surface area contributed by atoms with Gasteiger partial charge in [-0.3, -0.25) is 0 Å². The number of benzene rings is 25. The molecule has 0 saturated carbocycles. The van der Waals surface area contributed by atoms with E-state index in [9.17, 15) is 0 Å². The second-order valence-electron chi connectivity index (χ2n) is 38.3. The van der Waals surface area contributed by atoms with Crippen molar-refractivity contribution < 1.29 is 4.42 Å². The van der Waals surface area contributed by atoms with Crippen molar-refractivity contribution in [3.05, 3.63) is 534 Å². The molecule has 0 spiro atoms. The summed E-state index contributed by atoms with van der Waals surface area (Å²) in [7, 11) is 0. The number of rotatable bonds is 12. The zero-order valence-corrected chi connectivity index (χ0v) is 81.6. The summed E-state index contributed by atoms with van der Waals surface area (Å²) in [6, 6.07) is 194. The van der Waals surface area contributed by atoms with Crippen molar-refractivity contribution in [2.75, 3.05) is 0 Å². The Hall–Kier alpha value is -18.6. The van der Waals surface area contributed by atoms with Gasteiger partial charge in [0.15, 0.2) is 0 Å². The van der Waals surface area contributed by atoms with Crippen molar-refractivity contribution >= 4 is 182 Å². The first-order valence-electron chi connectivity index (χ1n) is 50.2. The van der Waals surface area contributed by atoms with E-state index in [1.165, 1.54) is 210 Å². The molecule has 0 aliphatic carbocycles. The van der Waals surface area contributed by atoms with Gasteiger partial charge in [0.25, 0.3) is 0 Å². The Morgan fingerprint density at radius 3 is 0.823 bits per heavy atom. The van der Waals surface area contributed by atoms with E-state index in [1.54, 1.807) is 0 Å². The molecular formula is C142H88N2OS2. The van der Waals surface area contributed by atoms with Crippen LogP contribution in [0.15, 0.2) is 538 Å². The standard InChI is InChI=1S/C48H30S.C47H29NO.C47H29NS/c1-3-12-31(13-4-1)35-26-36(32-14-5-2-6-15-32)28-37(27-35)38-19-11-20-43-40-17-8-7-16-39(40)41-24-22-33(30-45(41)48(38)43)34-23-25-47-44(29-34)42-18-9-10-21-46(42)49-47;1-3-12-30(13-4-1)34-28-43(31-14-5-2-6-15-31)48-44(29-34)40-20-11-19-39-36-17-8-7-16-35(36)37-24-22-32(27-42(37)47(39)40)33-23-25-46-41(26-33)38-18-9-10-21-45(38)49-46;1-3-12-30(13-4-1)34-27-43(31-14-5-2-6-15-31)48-44(28-34)41-20-11-19-40-36-17-8-7-16-35(36)37-24-22-32(26-42(37)47(40)41)33-23-25-39-38-18-9-10-21-45(38)49-46(39)29-33/h1-30H;2*1-29H. The molecule has 5 aromatic heterocycles. The van der Waals surface area contributed by atoms with Gasteiger partial charge in [-0.25, -0.2) is 9.97 Å². The molecule has 0 atom stereocenters. The molecule has 30 aromatic rings. The largest absolute Gasteiger partial charge is 0.456 e. The third-order valence-corrected chi connectivity index (χ3v) is 32.0. The molecular weight excluding hydrogens is 1810 g/mol. The van der Waals surface area contributed by atoms with Crippen molar-refractivity contribution in [2.24, 2.45) is 0 Å². The summed E-state index contributed by atoms with van der Waals surface area (Å²) in [5.41, 5.74) is 29.4. The van der Waals surface area contributed by atoms with E-state index >= 15 is 0 Å². The SMILES string of the molecule is c1ccc(-c2cc(-c3ccccc3)cc(-c3cccc4c5ccccc5c5ccc(-c6ccc7sc8ccccc8c7c6)cc5c34)c2)cc1.c1ccc(-c2cc(-c3ccccc3)nc(-c3cccc4c5ccccc5c5ccc(-c6ccc7c(c6)sc6ccccc67)cc5c34)c2)cc1.c1ccc(-c2cc(-c3ccccc3)nc(-c3cccc4c5ccccc5c5ccc(-c6ccc7oc8ccccc8c7c6)cc5c34)c2)cc1. The maximum Gasteiger partial charge on any atom is 0.135 e. The number of aromatic nitrogens is 2. The lowest BCUT2D eigenvalue weighted by molar-refractivity contribution is 0.669. The molecule has 0 bridgehead atoms. The first-order valence-corrected chi connectivity index (χ1v) is 51.9. The highest BCUT2D eigenvalue weighted by atomic mass is 32.1. The summed E-state index contributed by atoms with van der Waals surface area (Å²) >= 11 is 3.74. The van der Waals surface area contributed by atoms with Crippen LogP contribution in [0.2, 0.25) is 0 Å². The van der Waals surface area contributed by atoms with Crippen LogP contribution in [0, 0.1) is 0 Å². The van der Waals surface area contributed by atoms with Crippen LogP contribution in [-0.4, -0.2) is 9.97 Å². The van der Waals surface area contributed by atoms with Crippen LogP contribution < -0.4 is 0 Å². The number of hydrogen-bond donors (Lipinski definition) is 0. The minimum absolute atomic E-state index is 0.906. The number of nitrogens with zero attached hydrogens (tertiary/aromatic N) is 2. The average Bonchev–Trinajstić information content (AvgIpc) is 1.43. The molecule has 5 heteroatoms. The molecule has 0 amide bonds. The van der Waals surface area contributed by atoms with E-state index in [0.717, 1.165) is 83.7 Å². The maximum absolute atomic E-state index is 6.16. The molecule has 0 aliphatic heterocycles. The van der Waals surface area contributed by atoms with E-state index in [2.05, 4.69) is 522 Å².